The van der Waals surface area contributed by atoms with Crippen molar-refractivity contribution >= 4 is 11.8 Å². The second kappa shape index (κ2) is 8.73. The highest BCUT2D eigenvalue weighted by Crippen LogP contribution is 2.27. The molecule has 0 saturated heterocycles. The number of hydrogen-bond donors (Lipinski definition) is 2. The molecule has 0 aliphatic rings. The monoisotopic (exact) mass is 342 g/mol. The Kier molecular flexibility index (Phi) is 6.39. The molecule has 2 rings (SSSR count). The van der Waals surface area contributed by atoms with Crippen LogP contribution in [0.2, 0.25) is 0 Å². The molecule has 6 heteroatoms. The van der Waals surface area contributed by atoms with Gasteiger partial charge in [0.1, 0.15) is 6.04 Å². The minimum Gasteiger partial charge on any atom is -0.493 e. The molecule has 1 atom stereocenters. The Morgan fingerprint density at radius 3 is 2.32 bits per heavy atom. The second-order valence-electron chi connectivity index (χ2n) is 5.47. The van der Waals surface area contributed by atoms with E-state index in [4.69, 9.17) is 9.47 Å². The van der Waals surface area contributed by atoms with Crippen LogP contribution in [0.25, 0.3) is 0 Å². The molecule has 0 heterocycles. The van der Waals surface area contributed by atoms with Gasteiger partial charge in [-0.1, -0.05) is 24.3 Å². The standard InChI is InChI=1S/C19H22N2O4/c1-13(21-19(23)15-7-5-4-6-8-15)18(22)20-12-14-9-10-16(24-2)17(11-14)25-3/h4-11,13H,12H2,1-3H3,(H,20,22)(H,21,23). The average Bonchev–Trinajstić information content (AvgIpc) is 2.66. The zero-order chi connectivity index (χ0) is 18.2. The summed E-state index contributed by atoms with van der Waals surface area (Å²) in [5.74, 6) is 0.675. The number of nitrogens with one attached hydrogen (secondary N) is 2. The van der Waals surface area contributed by atoms with Crippen LogP contribution in [0.1, 0.15) is 22.8 Å². The summed E-state index contributed by atoms with van der Waals surface area (Å²) >= 11 is 0. The molecule has 2 amide bonds. The first kappa shape index (κ1) is 18.3. The van der Waals surface area contributed by atoms with Crippen molar-refractivity contribution in [1.82, 2.24) is 10.6 Å². The first-order valence-electron chi connectivity index (χ1n) is 7.89. The summed E-state index contributed by atoms with van der Waals surface area (Å²) < 4.78 is 10.4. The van der Waals surface area contributed by atoms with Crippen LogP contribution in [0.5, 0.6) is 11.5 Å². The third-order valence-corrected chi connectivity index (χ3v) is 3.69. The fourth-order valence-corrected chi connectivity index (χ4v) is 2.27. The molecular formula is C19H22N2O4. The van der Waals surface area contributed by atoms with Crippen LogP contribution in [0.4, 0.5) is 0 Å². The molecule has 0 spiro atoms. The smallest absolute Gasteiger partial charge is 0.251 e. The van der Waals surface area contributed by atoms with Gasteiger partial charge in [-0.2, -0.15) is 0 Å². The first-order valence-corrected chi connectivity index (χ1v) is 7.89. The van der Waals surface area contributed by atoms with Crippen LogP contribution < -0.4 is 20.1 Å². The minimum absolute atomic E-state index is 0.265. The predicted molar refractivity (Wildman–Crippen MR) is 94.8 cm³/mol. The summed E-state index contributed by atoms with van der Waals surface area (Å²) in [6.07, 6.45) is 0. The maximum Gasteiger partial charge on any atom is 0.251 e. The molecule has 2 aromatic rings. The van der Waals surface area contributed by atoms with Crippen LogP contribution in [-0.4, -0.2) is 32.1 Å². The van der Waals surface area contributed by atoms with Gasteiger partial charge in [0.15, 0.2) is 11.5 Å². The number of rotatable bonds is 7. The summed E-state index contributed by atoms with van der Waals surface area (Å²) in [7, 11) is 3.12. The molecule has 132 valence electrons. The van der Waals surface area contributed by atoms with Crippen molar-refractivity contribution in [2.24, 2.45) is 0 Å². The number of carbonyl (C=O) groups is 2. The molecule has 0 bridgehead atoms. The highest BCUT2D eigenvalue weighted by molar-refractivity contribution is 5.97. The Morgan fingerprint density at radius 2 is 1.68 bits per heavy atom. The molecule has 0 aliphatic carbocycles. The molecule has 1 unspecified atom stereocenters. The van der Waals surface area contributed by atoms with E-state index >= 15 is 0 Å². The lowest BCUT2D eigenvalue weighted by molar-refractivity contribution is -0.122. The van der Waals surface area contributed by atoms with Gasteiger partial charge < -0.3 is 20.1 Å². The maximum atomic E-state index is 12.2. The Hall–Kier alpha value is -3.02. The van der Waals surface area contributed by atoms with Gasteiger partial charge in [0.2, 0.25) is 5.91 Å². The summed E-state index contributed by atoms with van der Waals surface area (Å²) in [5.41, 5.74) is 1.38. The Bertz CT molecular complexity index is 731. The van der Waals surface area contributed by atoms with Crippen molar-refractivity contribution in [3.8, 4) is 11.5 Å². The van der Waals surface area contributed by atoms with Gasteiger partial charge in [0.05, 0.1) is 14.2 Å². The molecule has 0 aliphatic heterocycles. The topological polar surface area (TPSA) is 76.7 Å². The lowest BCUT2D eigenvalue weighted by Crippen LogP contribution is -2.44. The van der Waals surface area contributed by atoms with Gasteiger partial charge in [-0.15, -0.1) is 0 Å². The number of methoxy groups -OCH3 is 2. The Balaban J connectivity index is 1.90. The zero-order valence-corrected chi connectivity index (χ0v) is 14.5. The molecular weight excluding hydrogens is 320 g/mol. The molecule has 0 saturated carbocycles. The average molecular weight is 342 g/mol. The van der Waals surface area contributed by atoms with Gasteiger partial charge in [-0.05, 0) is 36.8 Å². The molecule has 2 N–H and O–H groups in total. The highest BCUT2D eigenvalue weighted by atomic mass is 16.5. The third kappa shape index (κ3) is 4.97. The van der Waals surface area contributed by atoms with Gasteiger partial charge >= 0.3 is 0 Å². The molecule has 25 heavy (non-hydrogen) atoms. The van der Waals surface area contributed by atoms with Crippen LogP contribution >= 0.6 is 0 Å². The summed E-state index contributed by atoms with van der Waals surface area (Å²) in [6, 6.07) is 13.5. The Labute approximate surface area is 147 Å². The number of amides is 2. The van der Waals surface area contributed by atoms with Crippen LogP contribution in [-0.2, 0) is 11.3 Å². The molecule has 2 aromatic carbocycles. The zero-order valence-electron chi connectivity index (χ0n) is 14.5. The largest absolute Gasteiger partial charge is 0.493 e. The van der Waals surface area contributed by atoms with E-state index in [0.29, 0.717) is 23.6 Å². The number of ether oxygens (including phenoxy) is 2. The van der Waals surface area contributed by atoms with E-state index in [9.17, 15) is 9.59 Å². The number of hydrogen-bond acceptors (Lipinski definition) is 4. The fourth-order valence-electron chi connectivity index (χ4n) is 2.27. The number of benzene rings is 2. The van der Waals surface area contributed by atoms with E-state index in [1.54, 1.807) is 57.5 Å². The summed E-state index contributed by atoms with van der Waals surface area (Å²) in [4.78, 5) is 24.2. The van der Waals surface area contributed by atoms with Crippen molar-refractivity contribution < 1.29 is 19.1 Å². The Morgan fingerprint density at radius 1 is 1.00 bits per heavy atom. The molecule has 0 radical (unpaired) electrons. The lowest BCUT2D eigenvalue weighted by Gasteiger charge is -2.15. The van der Waals surface area contributed by atoms with E-state index < -0.39 is 6.04 Å². The quantitative estimate of drug-likeness (QED) is 0.808. The van der Waals surface area contributed by atoms with Crippen molar-refractivity contribution in [3.63, 3.8) is 0 Å². The first-order chi connectivity index (χ1) is 12.0. The van der Waals surface area contributed by atoms with E-state index in [1.807, 2.05) is 12.1 Å². The van der Waals surface area contributed by atoms with Crippen LogP contribution in [0, 0.1) is 0 Å². The van der Waals surface area contributed by atoms with E-state index in [0.717, 1.165) is 5.56 Å². The molecule has 6 nitrogen and oxygen atoms in total. The fraction of sp³-hybridized carbons (Fsp3) is 0.263. The van der Waals surface area contributed by atoms with Gasteiger partial charge in [0, 0.05) is 12.1 Å². The molecule has 0 fully saturated rings. The maximum absolute atomic E-state index is 12.2. The second-order valence-corrected chi connectivity index (χ2v) is 5.47. The van der Waals surface area contributed by atoms with Crippen molar-refractivity contribution in [3.05, 3.63) is 59.7 Å². The van der Waals surface area contributed by atoms with E-state index in [-0.39, 0.29) is 11.8 Å². The minimum atomic E-state index is -0.646. The van der Waals surface area contributed by atoms with Crippen LogP contribution in [0.15, 0.2) is 48.5 Å². The summed E-state index contributed by atoms with van der Waals surface area (Å²) in [6.45, 7) is 1.97. The highest BCUT2D eigenvalue weighted by Gasteiger charge is 2.16. The van der Waals surface area contributed by atoms with E-state index in [2.05, 4.69) is 10.6 Å². The van der Waals surface area contributed by atoms with Crippen molar-refractivity contribution in [2.75, 3.05) is 14.2 Å². The van der Waals surface area contributed by atoms with Crippen molar-refractivity contribution in [2.45, 2.75) is 19.5 Å². The number of carbonyl (C=O) groups excluding carboxylic acids is 2. The lowest BCUT2D eigenvalue weighted by atomic mass is 10.2. The predicted octanol–water partition coefficient (Wildman–Crippen LogP) is 2.14. The van der Waals surface area contributed by atoms with Crippen molar-refractivity contribution in [1.29, 1.82) is 0 Å². The summed E-state index contributed by atoms with van der Waals surface area (Å²) in [5, 5.41) is 5.47. The van der Waals surface area contributed by atoms with Gasteiger partial charge in [-0.3, -0.25) is 9.59 Å². The SMILES string of the molecule is COc1ccc(CNC(=O)C(C)NC(=O)c2ccccc2)cc1OC. The van der Waals surface area contributed by atoms with E-state index in [1.165, 1.54) is 0 Å². The van der Waals surface area contributed by atoms with Gasteiger partial charge in [0.25, 0.3) is 5.91 Å². The van der Waals surface area contributed by atoms with Crippen LogP contribution in [0.3, 0.4) is 0 Å². The normalized spacial score (nSPS) is 11.3. The molecule has 0 aromatic heterocycles. The van der Waals surface area contributed by atoms with Gasteiger partial charge in [-0.25, -0.2) is 0 Å². The third-order valence-electron chi connectivity index (χ3n) is 3.69.